The van der Waals surface area contributed by atoms with Gasteiger partial charge in [0.05, 0.1) is 12.4 Å². The first kappa shape index (κ1) is 11.4. The van der Waals surface area contributed by atoms with E-state index in [4.69, 9.17) is 4.42 Å². The van der Waals surface area contributed by atoms with Gasteiger partial charge in [0.15, 0.2) is 12.0 Å². The highest BCUT2D eigenvalue weighted by Crippen LogP contribution is 2.22. The van der Waals surface area contributed by atoms with Crippen molar-refractivity contribution < 1.29 is 19.4 Å². The average Bonchev–Trinajstić information content (AvgIpc) is 2.64. The molecule has 5 heteroatoms. The minimum absolute atomic E-state index is 0.0612. The number of hydrogen-bond acceptors (Lipinski definition) is 4. The lowest BCUT2D eigenvalue weighted by Crippen LogP contribution is -2.19. The van der Waals surface area contributed by atoms with Crippen molar-refractivity contribution in [2.45, 2.75) is 18.6 Å². The Bertz CT molecular complexity index is 297. The lowest BCUT2D eigenvalue weighted by molar-refractivity contribution is 0.0166. The highest BCUT2D eigenvalue weighted by atomic mass is 79.9. The summed E-state index contributed by atoms with van der Waals surface area (Å²) in [5, 5.41) is 19.7. The van der Waals surface area contributed by atoms with Crippen LogP contribution in [0.3, 0.4) is 0 Å². The summed E-state index contributed by atoms with van der Waals surface area (Å²) in [4.78, 5) is 10.5. The maximum Gasteiger partial charge on any atom is 0.185 e. The zero-order chi connectivity index (χ0) is 10.6. The van der Waals surface area contributed by atoms with Crippen LogP contribution >= 0.6 is 15.9 Å². The molecule has 1 aromatic heterocycles. The number of aliphatic hydroxyl groups excluding tert-OH is 2. The molecule has 2 atom stereocenters. The van der Waals surface area contributed by atoms with Crippen molar-refractivity contribution in [2.75, 3.05) is 5.33 Å². The van der Waals surface area contributed by atoms with Crippen LogP contribution in [0.15, 0.2) is 16.7 Å². The van der Waals surface area contributed by atoms with Gasteiger partial charge in [0, 0.05) is 10.9 Å². The van der Waals surface area contributed by atoms with Crippen LogP contribution in [0.1, 0.15) is 28.6 Å². The molecule has 0 aliphatic rings. The molecule has 0 saturated heterocycles. The van der Waals surface area contributed by atoms with Crippen LogP contribution in [0.4, 0.5) is 0 Å². The molecular weight excluding hydrogens is 252 g/mol. The molecule has 0 fully saturated rings. The Balaban J connectivity index is 2.77. The fourth-order valence-corrected chi connectivity index (χ4v) is 1.62. The van der Waals surface area contributed by atoms with Crippen molar-refractivity contribution in [3.63, 3.8) is 0 Å². The first-order valence-corrected chi connectivity index (χ1v) is 5.27. The topological polar surface area (TPSA) is 70.7 Å². The molecule has 1 rings (SSSR count). The van der Waals surface area contributed by atoms with Crippen LogP contribution in [0.5, 0.6) is 0 Å². The number of aliphatic hydroxyl groups is 2. The van der Waals surface area contributed by atoms with Crippen molar-refractivity contribution in [1.82, 2.24) is 0 Å². The second kappa shape index (κ2) is 5.29. The lowest BCUT2D eigenvalue weighted by atomic mass is 10.0. The second-order valence-electron chi connectivity index (χ2n) is 2.85. The van der Waals surface area contributed by atoms with E-state index in [0.717, 1.165) is 0 Å². The predicted octanol–water partition coefficient (Wildman–Crippen LogP) is 1.27. The normalized spacial score (nSPS) is 15.1. The van der Waals surface area contributed by atoms with E-state index in [1.165, 1.54) is 12.3 Å². The van der Waals surface area contributed by atoms with Crippen molar-refractivity contribution in [3.05, 3.63) is 23.7 Å². The molecule has 0 saturated carbocycles. The number of halogens is 1. The van der Waals surface area contributed by atoms with Gasteiger partial charge in [-0.05, 0) is 12.5 Å². The maximum absolute atomic E-state index is 10.5. The standard InChI is InChI=1S/C9H11BrO4/c10-3-1-7(12)9(13)6-2-4-14-8(6)5-11/h2,4-5,7,9,12-13H,1,3H2. The number of carbonyl (C=O) groups excluding carboxylic acids is 1. The summed E-state index contributed by atoms with van der Waals surface area (Å²) in [6.07, 6.45) is 0.255. The number of furan rings is 1. The number of rotatable bonds is 5. The molecule has 1 heterocycles. The maximum atomic E-state index is 10.5. The number of alkyl halides is 1. The molecule has 78 valence electrons. The van der Waals surface area contributed by atoms with Crippen LogP contribution in [0.2, 0.25) is 0 Å². The average molecular weight is 263 g/mol. The van der Waals surface area contributed by atoms with Gasteiger partial charge in [-0.25, -0.2) is 0 Å². The Morgan fingerprint density at radius 2 is 2.29 bits per heavy atom. The van der Waals surface area contributed by atoms with E-state index in [1.807, 2.05) is 0 Å². The monoisotopic (exact) mass is 262 g/mol. The van der Waals surface area contributed by atoms with E-state index in [-0.39, 0.29) is 5.76 Å². The summed E-state index contributed by atoms with van der Waals surface area (Å²) in [5.41, 5.74) is 0.327. The molecule has 2 N–H and O–H groups in total. The summed E-state index contributed by atoms with van der Waals surface area (Å²) in [6.45, 7) is 0. The number of hydrogen-bond donors (Lipinski definition) is 2. The molecule has 14 heavy (non-hydrogen) atoms. The molecule has 0 radical (unpaired) electrons. The fraction of sp³-hybridized carbons (Fsp3) is 0.444. The van der Waals surface area contributed by atoms with Gasteiger partial charge in [0.2, 0.25) is 0 Å². The highest BCUT2D eigenvalue weighted by Gasteiger charge is 2.22. The zero-order valence-electron chi connectivity index (χ0n) is 7.39. The van der Waals surface area contributed by atoms with Gasteiger partial charge in [0.1, 0.15) is 6.10 Å². The molecule has 0 spiro atoms. The van der Waals surface area contributed by atoms with Crippen LogP contribution in [0.25, 0.3) is 0 Å². The Hall–Kier alpha value is -0.650. The van der Waals surface area contributed by atoms with Gasteiger partial charge in [-0.2, -0.15) is 0 Å². The van der Waals surface area contributed by atoms with E-state index in [0.29, 0.717) is 23.6 Å². The zero-order valence-corrected chi connectivity index (χ0v) is 8.98. The van der Waals surface area contributed by atoms with Crippen LogP contribution in [-0.4, -0.2) is 27.9 Å². The minimum Gasteiger partial charge on any atom is -0.461 e. The molecule has 0 aliphatic heterocycles. The van der Waals surface area contributed by atoms with Crippen LogP contribution < -0.4 is 0 Å². The molecule has 0 bridgehead atoms. The molecule has 2 unspecified atom stereocenters. The predicted molar refractivity (Wildman–Crippen MR) is 53.5 cm³/mol. The summed E-state index contributed by atoms with van der Waals surface area (Å²) >= 11 is 3.15. The largest absolute Gasteiger partial charge is 0.461 e. The Labute approximate surface area is 89.7 Å². The van der Waals surface area contributed by atoms with Crippen molar-refractivity contribution >= 4 is 22.2 Å². The van der Waals surface area contributed by atoms with E-state index < -0.39 is 12.2 Å². The molecule has 1 aromatic rings. The highest BCUT2D eigenvalue weighted by molar-refractivity contribution is 9.09. The third-order valence-corrected chi connectivity index (χ3v) is 2.38. The third-order valence-electron chi connectivity index (χ3n) is 1.92. The van der Waals surface area contributed by atoms with Crippen molar-refractivity contribution in [3.8, 4) is 0 Å². The van der Waals surface area contributed by atoms with E-state index >= 15 is 0 Å². The van der Waals surface area contributed by atoms with E-state index in [2.05, 4.69) is 15.9 Å². The molecule has 4 nitrogen and oxygen atoms in total. The van der Waals surface area contributed by atoms with Gasteiger partial charge < -0.3 is 14.6 Å². The van der Waals surface area contributed by atoms with E-state index in [1.54, 1.807) is 0 Å². The molecule has 0 aliphatic carbocycles. The smallest absolute Gasteiger partial charge is 0.185 e. The Morgan fingerprint density at radius 3 is 2.86 bits per heavy atom. The minimum atomic E-state index is -1.08. The third kappa shape index (κ3) is 2.43. The molecular formula is C9H11BrO4. The first-order chi connectivity index (χ1) is 6.70. The second-order valence-corrected chi connectivity index (χ2v) is 3.64. The quantitative estimate of drug-likeness (QED) is 0.620. The van der Waals surface area contributed by atoms with Gasteiger partial charge in [0.25, 0.3) is 0 Å². The summed E-state index contributed by atoms with van der Waals surface area (Å²) in [6, 6.07) is 1.48. The molecule has 0 amide bonds. The van der Waals surface area contributed by atoms with Gasteiger partial charge >= 0.3 is 0 Å². The van der Waals surface area contributed by atoms with Gasteiger partial charge in [-0.15, -0.1) is 0 Å². The lowest BCUT2D eigenvalue weighted by Gasteiger charge is -2.15. The summed E-state index contributed by atoms with van der Waals surface area (Å²) in [5.74, 6) is 0.0612. The molecule has 0 aromatic carbocycles. The summed E-state index contributed by atoms with van der Waals surface area (Å²) < 4.78 is 4.81. The number of aldehydes is 1. The van der Waals surface area contributed by atoms with Crippen molar-refractivity contribution in [2.24, 2.45) is 0 Å². The van der Waals surface area contributed by atoms with E-state index in [9.17, 15) is 15.0 Å². The summed E-state index contributed by atoms with van der Waals surface area (Å²) in [7, 11) is 0. The van der Waals surface area contributed by atoms with Crippen LogP contribution in [-0.2, 0) is 0 Å². The Morgan fingerprint density at radius 1 is 1.57 bits per heavy atom. The fourth-order valence-electron chi connectivity index (χ4n) is 1.15. The SMILES string of the molecule is O=Cc1occc1C(O)C(O)CCBr. The van der Waals surface area contributed by atoms with Gasteiger partial charge in [-0.3, -0.25) is 4.79 Å². The van der Waals surface area contributed by atoms with Crippen molar-refractivity contribution in [1.29, 1.82) is 0 Å². The van der Waals surface area contributed by atoms with Gasteiger partial charge in [-0.1, -0.05) is 15.9 Å². The van der Waals surface area contributed by atoms with Crippen LogP contribution in [0, 0.1) is 0 Å². The first-order valence-electron chi connectivity index (χ1n) is 4.15. The Kier molecular flexibility index (Phi) is 4.31. The number of carbonyl (C=O) groups is 1.